The van der Waals surface area contributed by atoms with E-state index in [2.05, 4.69) is 0 Å². The number of esters is 1. The number of ether oxygens (including phenoxy) is 1. The minimum Gasteiger partial charge on any atom is -0.463 e. The minimum atomic E-state index is -0.262. The van der Waals surface area contributed by atoms with Crippen LogP contribution in [0.2, 0.25) is 0 Å². The van der Waals surface area contributed by atoms with Gasteiger partial charge in [-0.25, -0.2) is 4.79 Å². The van der Waals surface area contributed by atoms with Gasteiger partial charge < -0.3 is 4.74 Å². The van der Waals surface area contributed by atoms with E-state index in [1.54, 1.807) is 6.92 Å². The lowest BCUT2D eigenvalue weighted by atomic mass is 9.96. The Morgan fingerprint density at radius 3 is 2.36 bits per heavy atom. The predicted molar refractivity (Wildman–Crippen MR) is 45.2 cm³/mol. The molecule has 2 nitrogen and oxygen atoms in total. The van der Waals surface area contributed by atoms with Crippen LogP contribution in [0.4, 0.5) is 0 Å². The second kappa shape index (κ2) is 4.16. The lowest BCUT2D eigenvalue weighted by molar-refractivity contribution is -0.137. The first-order valence-corrected chi connectivity index (χ1v) is 3.81. The van der Waals surface area contributed by atoms with E-state index in [1.165, 1.54) is 6.08 Å². The highest BCUT2D eigenvalue weighted by Gasteiger charge is 2.05. The third-order valence-electron chi connectivity index (χ3n) is 1.01. The second-order valence-corrected chi connectivity index (χ2v) is 3.45. The molecule has 0 atom stereocenters. The Morgan fingerprint density at radius 1 is 1.45 bits per heavy atom. The molecular weight excluding hydrogens is 140 g/mol. The summed E-state index contributed by atoms with van der Waals surface area (Å²) in [6, 6.07) is 0. The molecular formula is C9H16O2. The van der Waals surface area contributed by atoms with Crippen molar-refractivity contribution in [1.29, 1.82) is 0 Å². The van der Waals surface area contributed by atoms with Crippen LogP contribution in [0, 0.1) is 5.41 Å². The molecule has 64 valence electrons. The average molecular weight is 156 g/mol. The molecule has 0 unspecified atom stereocenters. The second-order valence-electron chi connectivity index (χ2n) is 3.45. The predicted octanol–water partition coefficient (Wildman–Crippen LogP) is 2.15. The number of allylic oxidation sites excluding steroid dienone is 1. The van der Waals surface area contributed by atoms with Crippen LogP contribution in [0.25, 0.3) is 0 Å². The Morgan fingerprint density at radius 2 is 2.00 bits per heavy atom. The number of carbonyl (C=O) groups is 1. The zero-order valence-electron chi connectivity index (χ0n) is 7.68. The molecule has 0 saturated heterocycles. The van der Waals surface area contributed by atoms with E-state index in [9.17, 15) is 4.79 Å². The third kappa shape index (κ3) is 7.10. The van der Waals surface area contributed by atoms with Crippen molar-refractivity contribution < 1.29 is 9.53 Å². The summed E-state index contributed by atoms with van der Waals surface area (Å²) in [6.45, 7) is 8.32. The molecule has 0 bridgehead atoms. The van der Waals surface area contributed by atoms with Gasteiger partial charge >= 0.3 is 5.97 Å². The van der Waals surface area contributed by atoms with Gasteiger partial charge in [0.2, 0.25) is 0 Å². The summed E-state index contributed by atoms with van der Waals surface area (Å²) in [4.78, 5) is 10.8. The normalized spacial score (nSPS) is 12.0. The topological polar surface area (TPSA) is 26.3 Å². The molecule has 0 aliphatic rings. The first-order chi connectivity index (χ1) is 4.95. The highest BCUT2D eigenvalue weighted by Crippen LogP contribution is 2.14. The Kier molecular flexibility index (Phi) is 3.86. The fourth-order valence-electron chi connectivity index (χ4n) is 0.508. The van der Waals surface area contributed by atoms with E-state index in [0.29, 0.717) is 6.61 Å². The molecule has 0 heterocycles. The fraction of sp³-hybridized carbons (Fsp3) is 0.667. The van der Waals surface area contributed by atoms with Crippen LogP contribution in [0.15, 0.2) is 12.2 Å². The zero-order valence-corrected chi connectivity index (χ0v) is 7.68. The van der Waals surface area contributed by atoms with Crippen molar-refractivity contribution in [3.05, 3.63) is 12.2 Å². The maximum atomic E-state index is 10.8. The van der Waals surface area contributed by atoms with E-state index in [-0.39, 0.29) is 11.4 Å². The minimum absolute atomic E-state index is 0.0484. The van der Waals surface area contributed by atoms with Crippen molar-refractivity contribution in [1.82, 2.24) is 0 Å². The van der Waals surface area contributed by atoms with Crippen LogP contribution in [-0.2, 0) is 9.53 Å². The van der Waals surface area contributed by atoms with Crippen LogP contribution >= 0.6 is 0 Å². The summed E-state index contributed by atoms with van der Waals surface area (Å²) in [6.07, 6.45) is 3.31. The number of rotatable bonds is 2. The van der Waals surface area contributed by atoms with Crippen LogP contribution in [0.1, 0.15) is 27.7 Å². The van der Waals surface area contributed by atoms with E-state index in [4.69, 9.17) is 4.74 Å². The fourth-order valence-corrected chi connectivity index (χ4v) is 0.508. The molecule has 0 aromatic carbocycles. The van der Waals surface area contributed by atoms with Crippen LogP contribution < -0.4 is 0 Å². The summed E-state index contributed by atoms with van der Waals surface area (Å²) < 4.78 is 4.71. The molecule has 11 heavy (non-hydrogen) atoms. The van der Waals surface area contributed by atoms with Crippen molar-refractivity contribution in [3.8, 4) is 0 Å². The average Bonchev–Trinajstić information content (AvgIpc) is 1.83. The molecule has 0 amide bonds. The summed E-state index contributed by atoms with van der Waals surface area (Å²) in [5, 5.41) is 0. The van der Waals surface area contributed by atoms with E-state index < -0.39 is 0 Å². The quantitative estimate of drug-likeness (QED) is 0.452. The first-order valence-electron chi connectivity index (χ1n) is 3.81. The standard InChI is InChI=1S/C9H16O2/c1-5-11-8(10)6-7-9(2,3)4/h6-7H,5H2,1-4H3/b7-6-. The molecule has 0 fully saturated rings. The molecule has 0 saturated carbocycles. The van der Waals surface area contributed by atoms with Gasteiger partial charge in [-0.3, -0.25) is 0 Å². The molecule has 0 aromatic rings. The Labute approximate surface area is 68.2 Å². The van der Waals surface area contributed by atoms with Crippen molar-refractivity contribution >= 4 is 5.97 Å². The van der Waals surface area contributed by atoms with E-state index in [1.807, 2.05) is 26.8 Å². The summed E-state index contributed by atoms with van der Waals surface area (Å²) in [5.74, 6) is -0.262. The van der Waals surface area contributed by atoms with Crippen molar-refractivity contribution in [2.75, 3.05) is 6.61 Å². The molecule has 0 aromatic heterocycles. The van der Waals surface area contributed by atoms with Crippen LogP contribution in [0.5, 0.6) is 0 Å². The van der Waals surface area contributed by atoms with E-state index in [0.717, 1.165) is 0 Å². The SMILES string of the molecule is CCOC(=O)/C=C\C(C)(C)C. The highest BCUT2D eigenvalue weighted by atomic mass is 16.5. The molecule has 0 rings (SSSR count). The molecule has 2 heteroatoms. The summed E-state index contributed by atoms with van der Waals surface area (Å²) in [5.41, 5.74) is 0.0484. The van der Waals surface area contributed by atoms with E-state index >= 15 is 0 Å². The molecule has 0 spiro atoms. The molecule has 0 aliphatic heterocycles. The lowest BCUT2D eigenvalue weighted by Gasteiger charge is -2.10. The van der Waals surface area contributed by atoms with Crippen LogP contribution in [-0.4, -0.2) is 12.6 Å². The van der Waals surface area contributed by atoms with Crippen LogP contribution in [0.3, 0.4) is 0 Å². The maximum absolute atomic E-state index is 10.8. The summed E-state index contributed by atoms with van der Waals surface area (Å²) >= 11 is 0. The van der Waals surface area contributed by atoms with Crippen molar-refractivity contribution in [2.45, 2.75) is 27.7 Å². The van der Waals surface area contributed by atoms with Gasteiger partial charge in [0.1, 0.15) is 0 Å². The zero-order chi connectivity index (χ0) is 8.91. The monoisotopic (exact) mass is 156 g/mol. The number of carbonyl (C=O) groups excluding carboxylic acids is 1. The van der Waals surface area contributed by atoms with Gasteiger partial charge in [0, 0.05) is 6.08 Å². The number of hydrogen-bond acceptors (Lipinski definition) is 2. The Balaban J connectivity index is 3.83. The Bertz CT molecular complexity index is 151. The van der Waals surface area contributed by atoms with Gasteiger partial charge in [-0.1, -0.05) is 26.8 Å². The molecule has 0 radical (unpaired) electrons. The number of hydrogen-bond donors (Lipinski definition) is 0. The lowest BCUT2D eigenvalue weighted by Crippen LogP contribution is -2.04. The van der Waals surface area contributed by atoms with Gasteiger partial charge in [-0.15, -0.1) is 0 Å². The van der Waals surface area contributed by atoms with Gasteiger partial charge in [0.25, 0.3) is 0 Å². The largest absolute Gasteiger partial charge is 0.463 e. The summed E-state index contributed by atoms with van der Waals surface area (Å²) in [7, 11) is 0. The maximum Gasteiger partial charge on any atom is 0.330 e. The van der Waals surface area contributed by atoms with Gasteiger partial charge in [-0.2, -0.15) is 0 Å². The van der Waals surface area contributed by atoms with Crippen molar-refractivity contribution in [3.63, 3.8) is 0 Å². The smallest absolute Gasteiger partial charge is 0.330 e. The Hall–Kier alpha value is -0.790. The van der Waals surface area contributed by atoms with Crippen molar-refractivity contribution in [2.24, 2.45) is 5.41 Å². The first kappa shape index (κ1) is 10.2. The third-order valence-corrected chi connectivity index (χ3v) is 1.01. The molecule has 0 aliphatic carbocycles. The molecule has 0 N–H and O–H groups in total. The van der Waals surface area contributed by atoms with Gasteiger partial charge in [0.05, 0.1) is 6.61 Å². The van der Waals surface area contributed by atoms with Gasteiger partial charge in [-0.05, 0) is 12.3 Å². The van der Waals surface area contributed by atoms with Gasteiger partial charge in [0.15, 0.2) is 0 Å². The highest BCUT2D eigenvalue weighted by molar-refractivity contribution is 5.81.